The molecule has 0 saturated heterocycles. The van der Waals surface area contributed by atoms with E-state index < -0.39 is 23.2 Å². The molecule has 1 N–H and O–H groups in total. The van der Waals surface area contributed by atoms with E-state index in [1.54, 1.807) is 4.84 Å². The van der Waals surface area contributed by atoms with Crippen LogP contribution in [-0.4, -0.2) is 10.9 Å². The van der Waals surface area contributed by atoms with Crippen molar-refractivity contribution < 1.29 is 18.0 Å². The van der Waals surface area contributed by atoms with E-state index >= 15 is 0 Å². The van der Waals surface area contributed by atoms with Crippen molar-refractivity contribution in [3.05, 3.63) is 29.6 Å². The zero-order chi connectivity index (χ0) is 10.8. The van der Waals surface area contributed by atoms with Gasteiger partial charge in [0, 0.05) is 24.2 Å². The number of nitrogens with zero attached hydrogens (tertiary/aromatic N) is 1. The minimum absolute atomic E-state index is 0. The summed E-state index contributed by atoms with van der Waals surface area (Å²) in [5.74, 6) is -1.04. The Balaban J connectivity index is 0.00000196. The molecule has 1 rings (SSSR count). The summed E-state index contributed by atoms with van der Waals surface area (Å²) in [7, 11) is 0. The molecule has 0 aliphatic rings. The summed E-state index contributed by atoms with van der Waals surface area (Å²) >= 11 is 4.91. The predicted molar refractivity (Wildman–Crippen MR) is 49.3 cm³/mol. The van der Waals surface area contributed by atoms with E-state index in [0.29, 0.717) is 6.07 Å². The van der Waals surface area contributed by atoms with Crippen LogP contribution in [0.25, 0.3) is 0 Å². The van der Waals surface area contributed by atoms with Crippen molar-refractivity contribution in [1.29, 1.82) is 0 Å². The number of rotatable bonds is 1. The molecule has 0 unspecified atom stereocenters. The van der Waals surface area contributed by atoms with Gasteiger partial charge in [-0.25, -0.2) is 0 Å². The van der Waals surface area contributed by atoms with Gasteiger partial charge in [0.2, 0.25) is 0 Å². The summed E-state index contributed by atoms with van der Waals surface area (Å²) in [5, 5.41) is 0. The Labute approximate surface area is 89.4 Å². The minimum Gasteiger partial charge on any atom is -0.268 e. The maximum absolute atomic E-state index is 12.3. The molecule has 15 heavy (non-hydrogen) atoms. The van der Waals surface area contributed by atoms with Crippen LogP contribution >= 0.6 is 11.8 Å². The fraction of sp³-hybridized carbons (Fsp3) is 0.250. The highest BCUT2D eigenvalue weighted by molar-refractivity contribution is 6.24. The molecule has 1 amide bonds. The number of aromatic nitrogens is 1. The summed E-state index contributed by atoms with van der Waals surface area (Å²) in [6.07, 6.45) is -2.84. The number of alkyl halides is 3. The van der Waals surface area contributed by atoms with E-state index in [1.807, 2.05) is 0 Å². The highest BCUT2D eigenvalue weighted by Crippen LogP contribution is 2.31. The molecule has 0 fully saturated rings. The summed E-state index contributed by atoms with van der Waals surface area (Å²) in [4.78, 5) is 15.9. The van der Waals surface area contributed by atoms with Gasteiger partial charge in [0.05, 0.1) is 11.1 Å². The number of nitrogens with one attached hydrogen (secondary N) is 1. The summed E-state index contributed by atoms with van der Waals surface area (Å²) in [5.41, 5.74) is -1.67. The Hall–Kier alpha value is -1.30. The Morgan fingerprint density at radius 2 is 2.07 bits per heavy atom. The van der Waals surface area contributed by atoms with Crippen LogP contribution in [0, 0.1) is 0 Å². The second kappa shape index (κ2) is 4.97. The third-order valence-electron chi connectivity index (χ3n) is 1.46. The van der Waals surface area contributed by atoms with E-state index in [-0.39, 0.29) is 7.43 Å². The molecule has 0 radical (unpaired) electrons. The van der Waals surface area contributed by atoms with E-state index in [2.05, 4.69) is 4.98 Å². The Bertz CT molecular complexity index is 354. The number of amides is 1. The van der Waals surface area contributed by atoms with Crippen molar-refractivity contribution in [3.63, 3.8) is 0 Å². The van der Waals surface area contributed by atoms with Gasteiger partial charge in [-0.1, -0.05) is 7.43 Å². The Morgan fingerprint density at radius 3 is 2.53 bits per heavy atom. The number of carbonyl (C=O) groups excluding carboxylic acids is 1. The first-order chi connectivity index (χ1) is 6.46. The molecule has 3 nitrogen and oxygen atoms in total. The monoisotopic (exact) mass is 240 g/mol. The standard InChI is InChI=1S/C7H4ClF3N2O.CH4/c8-13-6(14)4-3-12-2-1-5(4)7(9,10)11;/h1-3H,(H,13,14);1H4. The molecule has 0 aliphatic heterocycles. The van der Waals surface area contributed by atoms with Crippen molar-refractivity contribution in [2.45, 2.75) is 13.6 Å². The lowest BCUT2D eigenvalue weighted by atomic mass is 10.1. The molecule has 84 valence electrons. The lowest BCUT2D eigenvalue weighted by molar-refractivity contribution is -0.138. The lowest BCUT2D eigenvalue weighted by Gasteiger charge is -2.09. The SMILES string of the molecule is C.O=C(NCl)c1cnccc1C(F)(F)F. The van der Waals surface area contributed by atoms with E-state index in [0.717, 1.165) is 12.4 Å². The molecule has 1 aromatic rings. The molecule has 0 saturated carbocycles. The van der Waals surface area contributed by atoms with Gasteiger partial charge in [0.1, 0.15) is 0 Å². The first-order valence-corrected chi connectivity index (χ1v) is 3.77. The van der Waals surface area contributed by atoms with Crippen molar-refractivity contribution >= 4 is 17.7 Å². The minimum atomic E-state index is -4.60. The molecular weight excluding hydrogens is 233 g/mol. The van der Waals surface area contributed by atoms with Crippen molar-refractivity contribution in [3.8, 4) is 0 Å². The second-order valence-electron chi connectivity index (χ2n) is 2.34. The first-order valence-electron chi connectivity index (χ1n) is 3.39. The smallest absolute Gasteiger partial charge is 0.268 e. The van der Waals surface area contributed by atoms with Gasteiger partial charge >= 0.3 is 6.18 Å². The molecule has 0 spiro atoms. The fourth-order valence-electron chi connectivity index (χ4n) is 0.873. The number of hydrogen-bond acceptors (Lipinski definition) is 2. The lowest BCUT2D eigenvalue weighted by Crippen LogP contribution is -2.19. The second-order valence-corrected chi connectivity index (χ2v) is 2.53. The highest BCUT2D eigenvalue weighted by Gasteiger charge is 2.35. The van der Waals surface area contributed by atoms with Crippen molar-refractivity contribution in [1.82, 2.24) is 9.82 Å². The van der Waals surface area contributed by atoms with Crippen molar-refractivity contribution in [2.75, 3.05) is 0 Å². The van der Waals surface area contributed by atoms with Gasteiger partial charge in [0.25, 0.3) is 5.91 Å². The molecule has 1 heterocycles. The van der Waals surface area contributed by atoms with Crippen LogP contribution in [0.4, 0.5) is 13.2 Å². The van der Waals surface area contributed by atoms with Crippen LogP contribution in [0.5, 0.6) is 0 Å². The van der Waals surface area contributed by atoms with E-state index in [9.17, 15) is 18.0 Å². The van der Waals surface area contributed by atoms with Gasteiger partial charge in [0.15, 0.2) is 0 Å². The highest BCUT2D eigenvalue weighted by atomic mass is 35.5. The van der Waals surface area contributed by atoms with Crippen molar-refractivity contribution in [2.24, 2.45) is 0 Å². The maximum atomic E-state index is 12.3. The van der Waals surface area contributed by atoms with E-state index in [1.165, 1.54) is 0 Å². The third kappa shape index (κ3) is 3.09. The zero-order valence-electron chi connectivity index (χ0n) is 6.60. The van der Waals surface area contributed by atoms with Gasteiger partial charge in [-0.3, -0.25) is 14.6 Å². The zero-order valence-corrected chi connectivity index (χ0v) is 7.36. The molecule has 0 atom stereocenters. The fourth-order valence-corrected chi connectivity index (χ4v) is 0.975. The van der Waals surface area contributed by atoms with Crippen LogP contribution in [-0.2, 0) is 6.18 Å². The maximum Gasteiger partial charge on any atom is 0.417 e. The normalized spacial score (nSPS) is 10.4. The average molecular weight is 241 g/mol. The van der Waals surface area contributed by atoms with Crippen LogP contribution in [0.15, 0.2) is 18.5 Å². The molecule has 1 aromatic heterocycles. The van der Waals surface area contributed by atoms with Gasteiger partial charge in [-0.05, 0) is 6.07 Å². The summed E-state index contributed by atoms with van der Waals surface area (Å²) in [6, 6.07) is 0.710. The van der Waals surface area contributed by atoms with Crippen LogP contribution in [0.2, 0.25) is 0 Å². The van der Waals surface area contributed by atoms with Gasteiger partial charge < -0.3 is 0 Å². The molecule has 7 heteroatoms. The predicted octanol–water partition coefficient (Wildman–Crippen LogP) is 2.62. The summed E-state index contributed by atoms with van der Waals surface area (Å²) in [6.45, 7) is 0. The van der Waals surface area contributed by atoms with Crippen LogP contribution in [0.1, 0.15) is 23.3 Å². The molecular formula is C8H8ClF3N2O. The van der Waals surface area contributed by atoms with Gasteiger partial charge in [-0.15, -0.1) is 0 Å². The van der Waals surface area contributed by atoms with Crippen LogP contribution in [0.3, 0.4) is 0 Å². The number of carbonyl (C=O) groups is 1. The average Bonchev–Trinajstić information content (AvgIpc) is 2.15. The molecule has 0 aromatic carbocycles. The van der Waals surface area contributed by atoms with Crippen LogP contribution < -0.4 is 4.84 Å². The number of pyridine rings is 1. The Morgan fingerprint density at radius 1 is 1.47 bits per heavy atom. The Kier molecular flexibility index (Phi) is 4.54. The largest absolute Gasteiger partial charge is 0.417 e. The van der Waals surface area contributed by atoms with E-state index in [4.69, 9.17) is 11.8 Å². The number of halogens is 4. The summed E-state index contributed by atoms with van der Waals surface area (Å²) < 4.78 is 36.9. The van der Waals surface area contributed by atoms with Gasteiger partial charge in [-0.2, -0.15) is 13.2 Å². The molecule has 0 aliphatic carbocycles. The third-order valence-corrected chi connectivity index (χ3v) is 1.63. The quantitative estimate of drug-likeness (QED) is 0.767. The topological polar surface area (TPSA) is 42.0 Å². The number of hydrogen-bond donors (Lipinski definition) is 1. The first kappa shape index (κ1) is 13.7. The molecule has 0 bridgehead atoms.